The van der Waals surface area contributed by atoms with Gasteiger partial charge >= 0.3 is 5.63 Å². The Labute approximate surface area is 187 Å². The number of anilines is 1. The van der Waals surface area contributed by atoms with Gasteiger partial charge in [-0.25, -0.2) is 4.79 Å². The molecule has 3 aromatic rings. The van der Waals surface area contributed by atoms with Gasteiger partial charge in [-0.05, 0) is 55.5 Å². The summed E-state index contributed by atoms with van der Waals surface area (Å²) in [6.07, 6.45) is 2.23. The Balaban J connectivity index is 1.67. The van der Waals surface area contributed by atoms with Crippen LogP contribution in [0.4, 0.5) is 5.69 Å². The van der Waals surface area contributed by atoms with Crippen LogP contribution in [0.2, 0.25) is 0 Å². The molecule has 7 heteroatoms. The molecule has 7 nitrogen and oxygen atoms in total. The summed E-state index contributed by atoms with van der Waals surface area (Å²) >= 11 is 0. The van der Waals surface area contributed by atoms with Crippen LogP contribution < -0.4 is 21.6 Å². The van der Waals surface area contributed by atoms with Crippen molar-refractivity contribution in [3.8, 4) is 0 Å². The molecule has 1 aromatic heterocycles. The highest BCUT2D eigenvalue weighted by Crippen LogP contribution is 2.21. The molecule has 0 aliphatic heterocycles. The molecular weight excluding hydrogens is 406 g/mol. The van der Waals surface area contributed by atoms with E-state index in [1.54, 1.807) is 12.1 Å². The average molecular weight is 436 g/mol. The Hall–Kier alpha value is -3.45. The van der Waals surface area contributed by atoms with Crippen molar-refractivity contribution in [1.29, 1.82) is 0 Å². The third-order valence-corrected chi connectivity index (χ3v) is 5.22. The summed E-state index contributed by atoms with van der Waals surface area (Å²) in [4.78, 5) is 35.7. The molecule has 0 saturated heterocycles. The number of carbonyl (C=O) groups excluding carboxylic acids is 2. The number of aryl methyl sites for hydroxylation is 1. The molecule has 32 heavy (non-hydrogen) atoms. The molecule has 0 aliphatic carbocycles. The largest absolute Gasteiger partial charge is 0.423 e. The van der Waals surface area contributed by atoms with E-state index in [1.807, 2.05) is 43.3 Å². The van der Waals surface area contributed by atoms with Gasteiger partial charge < -0.3 is 20.4 Å². The second-order valence-corrected chi connectivity index (χ2v) is 7.85. The van der Waals surface area contributed by atoms with Gasteiger partial charge in [0.1, 0.15) is 5.58 Å². The maximum Gasteiger partial charge on any atom is 0.336 e. The third-order valence-electron chi connectivity index (χ3n) is 5.22. The summed E-state index contributed by atoms with van der Waals surface area (Å²) in [6, 6.07) is 16.2. The fraction of sp³-hybridized carbons (Fsp3) is 0.320. The molecule has 2 aromatic carbocycles. The minimum absolute atomic E-state index is 0.0519. The number of hydrogen-bond acceptors (Lipinski definition) is 5. The number of amides is 2. The molecule has 0 bridgehead atoms. The van der Waals surface area contributed by atoms with Crippen molar-refractivity contribution in [2.45, 2.75) is 45.7 Å². The molecule has 0 spiro atoms. The molecule has 1 atom stereocenters. The Morgan fingerprint density at radius 2 is 1.81 bits per heavy atom. The predicted molar refractivity (Wildman–Crippen MR) is 125 cm³/mol. The minimum Gasteiger partial charge on any atom is -0.423 e. The summed E-state index contributed by atoms with van der Waals surface area (Å²) in [5, 5.41) is 9.90. The third kappa shape index (κ3) is 6.78. The summed E-state index contributed by atoms with van der Waals surface area (Å²) in [6.45, 7) is 4.50. The molecule has 168 valence electrons. The molecule has 1 heterocycles. The van der Waals surface area contributed by atoms with Crippen LogP contribution in [0.15, 0.2) is 63.8 Å². The topological polar surface area (TPSA) is 100 Å². The predicted octanol–water partition coefficient (Wildman–Crippen LogP) is 3.50. The highest BCUT2D eigenvalue weighted by Gasteiger charge is 2.18. The number of nitrogens with one attached hydrogen (secondary N) is 3. The van der Waals surface area contributed by atoms with Gasteiger partial charge in [0.25, 0.3) is 0 Å². The second-order valence-electron chi connectivity index (χ2n) is 7.85. The van der Waals surface area contributed by atoms with Crippen LogP contribution >= 0.6 is 0 Å². The normalized spacial score (nSPS) is 11.8. The van der Waals surface area contributed by atoms with Gasteiger partial charge in [-0.3, -0.25) is 9.59 Å². The van der Waals surface area contributed by atoms with Gasteiger partial charge in [0, 0.05) is 37.2 Å². The quantitative estimate of drug-likeness (QED) is 0.334. The lowest BCUT2D eigenvalue weighted by atomic mass is 10.1. The Bertz CT molecular complexity index is 1120. The number of unbranched alkanes of at least 4 members (excludes halogenated alkanes) is 1. The van der Waals surface area contributed by atoms with E-state index in [1.165, 1.54) is 13.0 Å². The van der Waals surface area contributed by atoms with E-state index in [0.29, 0.717) is 30.8 Å². The number of carbonyl (C=O) groups is 2. The van der Waals surface area contributed by atoms with Gasteiger partial charge in [-0.1, -0.05) is 30.3 Å². The molecule has 3 N–H and O–H groups in total. The molecule has 0 aliphatic rings. The Kier molecular flexibility index (Phi) is 8.16. The molecular formula is C25H29N3O4. The lowest BCUT2D eigenvalue weighted by Gasteiger charge is -2.19. The molecule has 3 rings (SSSR count). The summed E-state index contributed by atoms with van der Waals surface area (Å²) in [5.74, 6) is -0.182. The van der Waals surface area contributed by atoms with Gasteiger partial charge in [-0.15, -0.1) is 0 Å². The highest BCUT2D eigenvalue weighted by atomic mass is 16.4. The van der Waals surface area contributed by atoms with Crippen LogP contribution in [-0.4, -0.2) is 24.4 Å². The first-order valence-corrected chi connectivity index (χ1v) is 10.8. The minimum atomic E-state index is -0.392. The maximum atomic E-state index is 13.1. The lowest BCUT2D eigenvalue weighted by Crippen LogP contribution is -2.40. The molecule has 0 fully saturated rings. The monoisotopic (exact) mass is 435 g/mol. The van der Waals surface area contributed by atoms with Crippen molar-refractivity contribution in [1.82, 2.24) is 10.6 Å². The number of benzene rings is 2. The molecule has 0 radical (unpaired) electrons. The van der Waals surface area contributed by atoms with Gasteiger partial charge in [0.2, 0.25) is 11.8 Å². The van der Waals surface area contributed by atoms with E-state index in [4.69, 9.17) is 4.42 Å². The highest BCUT2D eigenvalue weighted by molar-refractivity contribution is 5.97. The summed E-state index contributed by atoms with van der Waals surface area (Å²) < 4.78 is 5.22. The fourth-order valence-electron chi connectivity index (χ4n) is 3.53. The zero-order valence-corrected chi connectivity index (χ0v) is 18.4. The SMILES string of the molecule is CC(=O)NCCCCC(NCc1ccccc1)C(=O)Nc1ccc2oc(=O)cc(C)c2c1. The zero-order valence-electron chi connectivity index (χ0n) is 18.4. The van der Waals surface area contributed by atoms with Crippen LogP contribution in [-0.2, 0) is 16.1 Å². The first-order valence-electron chi connectivity index (χ1n) is 10.8. The Morgan fingerprint density at radius 3 is 2.56 bits per heavy atom. The second kappa shape index (κ2) is 11.2. The maximum absolute atomic E-state index is 13.1. The zero-order chi connectivity index (χ0) is 22.9. The van der Waals surface area contributed by atoms with Crippen LogP contribution in [0.25, 0.3) is 11.0 Å². The Morgan fingerprint density at radius 1 is 1.03 bits per heavy atom. The van der Waals surface area contributed by atoms with Crippen molar-refractivity contribution in [3.05, 3.63) is 76.1 Å². The molecule has 2 amide bonds. The van der Waals surface area contributed by atoms with Crippen LogP contribution in [0.3, 0.4) is 0 Å². The van der Waals surface area contributed by atoms with Crippen molar-refractivity contribution < 1.29 is 14.0 Å². The van der Waals surface area contributed by atoms with E-state index < -0.39 is 11.7 Å². The molecule has 0 saturated carbocycles. The van der Waals surface area contributed by atoms with E-state index in [9.17, 15) is 14.4 Å². The first-order chi connectivity index (χ1) is 15.4. The van der Waals surface area contributed by atoms with E-state index >= 15 is 0 Å². The van der Waals surface area contributed by atoms with Crippen molar-refractivity contribution in [2.75, 3.05) is 11.9 Å². The van der Waals surface area contributed by atoms with Gasteiger partial charge in [0.15, 0.2) is 0 Å². The van der Waals surface area contributed by atoms with E-state index in [0.717, 1.165) is 29.4 Å². The number of rotatable bonds is 10. The van der Waals surface area contributed by atoms with E-state index in [-0.39, 0.29) is 11.8 Å². The number of hydrogen-bond donors (Lipinski definition) is 3. The lowest BCUT2D eigenvalue weighted by molar-refractivity contribution is -0.119. The molecule has 1 unspecified atom stereocenters. The van der Waals surface area contributed by atoms with Crippen molar-refractivity contribution in [2.24, 2.45) is 0 Å². The summed E-state index contributed by atoms with van der Waals surface area (Å²) in [5.41, 5.74) is 2.63. The van der Waals surface area contributed by atoms with Crippen LogP contribution in [0.5, 0.6) is 0 Å². The smallest absolute Gasteiger partial charge is 0.336 e. The van der Waals surface area contributed by atoms with Gasteiger partial charge in [0.05, 0.1) is 6.04 Å². The van der Waals surface area contributed by atoms with Crippen LogP contribution in [0.1, 0.15) is 37.3 Å². The van der Waals surface area contributed by atoms with Crippen molar-refractivity contribution >= 4 is 28.5 Å². The average Bonchev–Trinajstić information content (AvgIpc) is 2.76. The number of fused-ring (bicyclic) bond motifs is 1. The standard InChI is InChI=1S/C25H29N3O4/c1-17-14-24(30)32-23-12-11-20(15-21(17)23)28-25(31)22(10-6-7-13-26-18(2)29)27-16-19-8-4-3-5-9-19/h3-5,8-9,11-12,14-15,22,27H,6-7,10,13,16H2,1-2H3,(H,26,29)(H,28,31). The summed E-state index contributed by atoms with van der Waals surface area (Å²) in [7, 11) is 0. The van der Waals surface area contributed by atoms with Crippen LogP contribution in [0, 0.1) is 6.92 Å². The van der Waals surface area contributed by atoms with Gasteiger partial charge in [-0.2, -0.15) is 0 Å². The van der Waals surface area contributed by atoms with Crippen molar-refractivity contribution in [3.63, 3.8) is 0 Å². The van der Waals surface area contributed by atoms with E-state index in [2.05, 4.69) is 16.0 Å². The first kappa shape index (κ1) is 23.2. The fourth-order valence-corrected chi connectivity index (χ4v) is 3.53.